The number of hydrogen-bond donors (Lipinski definition) is 1. The van der Waals surface area contributed by atoms with Gasteiger partial charge < -0.3 is 0 Å². The van der Waals surface area contributed by atoms with Crippen molar-refractivity contribution < 1.29 is 4.79 Å². The molecule has 0 unspecified atom stereocenters. The summed E-state index contributed by atoms with van der Waals surface area (Å²) in [5, 5.41) is -0.244. The SMILES string of the molecule is O=C(S)Cc1ncncn1. The molecule has 0 aliphatic carbocycles. The van der Waals surface area contributed by atoms with Gasteiger partial charge in [0.1, 0.15) is 18.5 Å². The van der Waals surface area contributed by atoms with E-state index in [2.05, 4.69) is 27.6 Å². The lowest BCUT2D eigenvalue weighted by atomic mass is 10.4. The molecule has 0 saturated carbocycles. The molecule has 0 fully saturated rings. The lowest BCUT2D eigenvalue weighted by Gasteiger charge is -1.90. The maximum Gasteiger partial charge on any atom is 0.193 e. The van der Waals surface area contributed by atoms with Gasteiger partial charge in [-0.25, -0.2) is 15.0 Å². The molecule has 0 saturated heterocycles. The van der Waals surface area contributed by atoms with Gasteiger partial charge in [0.05, 0.1) is 6.42 Å². The molecular weight excluding hydrogens is 150 g/mol. The Kier molecular flexibility index (Phi) is 2.33. The van der Waals surface area contributed by atoms with Crippen LogP contribution < -0.4 is 0 Å². The standard InChI is InChI=1S/C5H5N3OS/c9-5(10)1-4-7-2-6-3-8-4/h2-3H,1H2,(H,9,10). The molecule has 52 valence electrons. The van der Waals surface area contributed by atoms with E-state index in [0.717, 1.165) is 0 Å². The van der Waals surface area contributed by atoms with Gasteiger partial charge in [-0.05, 0) is 0 Å². The smallest absolute Gasteiger partial charge is 0.193 e. The molecule has 4 nitrogen and oxygen atoms in total. The Morgan fingerprint density at radius 1 is 1.50 bits per heavy atom. The third kappa shape index (κ3) is 2.10. The van der Waals surface area contributed by atoms with Crippen LogP contribution in [-0.2, 0) is 11.2 Å². The van der Waals surface area contributed by atoms with Crippen molar-refractivity contribution in [1.29, 1.82) is 0 Å². The van der Waals surface area contributed by atoms with Crippen LogP contribution in [0.5, 0.6) is 0 Å². The largest absolute Gasteiger partial charge is 0.287 e. The van der Waals surface area contributed by atoms with Gasteiger partial charge in [-0.1, -0.05) is 0 Å². The molecule has 5 heteroatoms. The average Bonchev–Trinajstić information content (AvgIpc) is 1.88. The number of thiol groups is 1. The first-order valence-corrected chi connectivity index (χ1v) is 3.06. The number of hydrogen-bond acceptors (Lipinski definition) is 4. The Morgan fingerprint density at radius 2 is 2.10 bits per heavy atom. The quantitative estimate of drug-likeness (QED) is 0.604. The Bertz CT molecular complexity index is 226. The predicted octanol–water partition coefficient (Wildman–Crippen LogP) is -0.130. The maximum atomic E-state index is 10.4. The molecule has 1 rings (SSSR count). The fourth-order valence-corrected chi connectivity index (χ4v) is 0.631. The van der Waals surface area contributed by atoms with Crippen LogP contribution in [0.25, 0.3) is 0 Å². The molecule has 0 spiro atoms. The van der Waals surface area contributed by atoms with E-state index < -0.39 is 0 Å². The average molecular weight is 155 g/mol. The predicted molar refractivity (Wildman–Crippen MR) is 37.5 cm³/mol. The van der Waals surface area contributed by atoms with Crippen molar-refractivity contribution in [3.63, 3.8) is 0 Å². The van der Waals surface area contributed by atoms with Crippen molar-refractivity contribution in [1.82, 2.24) is 15.0 Å². The van der Waals surface area contributed by atoms with Gasteiger partial charge in [-0.2, -0.15) is 0 Å². The van der Waals surface area contributed by atoms with Crippen LogP contribution in [0.4, 0.5) is 0 Å². The third-order valence-electron chi connectivity index (χ3n) is 0.856. The number of rotatable bonds is 2. The normalized spacial score (nSPS) is 9.30. The minimum Gasteiger partial charge on any atom is -0.287 e. The fourth-order valence-electron chi connectivity index (χ4n) is 0.490. The van der Waals surface area contributed by atoms with Crippen LogP contribution >= 0.6 is 12.6 Å². The Balaban J connectivity index is 2.67. The first-order chi connectivity index (χ1) is 4.79. The minimum atomic E-state index is -0.244. The zero-order valence-electron chi connectivity index (χ0n) is 5.06. The lowest BCUT2D eigenvalue weighted by Crippen LogP contribution is -1.99. The van der Waals surface area contributed by atoms with Crippen LogP contribution in [0.2, 0.25) is 0 Å². The molecule has 1 aromatic heterocycles. The molecule has 0 atom stereocenters. The van der Waals surface area contributed by atoms with Gasteiger partial charge in [0.25, 0.3) is 0 Å². The Labute approximate surface area is 63.1 Å². The topological polar surface area (TPSA) is 55.7 Å². The summed E-state index contributed by atoms with van der Waals surface area (Å²) in [7, 11) is 0. The summed E-state index contributed by atoms with van der Waals surface area (Å²) >= 11 is 3.57. The van der Waals surface area contributed by atoms with Crippen molar-refractivity contribution in [3.05, 3.63) is 18.5 Å². The molecular formula is C5H5N3OS. The summed E-state index contributed by atoms with van der Waals surface area (Å²) < 4.78 is 0. The van der Waals surface area contributed by atoms with Gasteiger partial charge in [0, 0.05) is 0 Å². The van der Waals surface area contributed by atoms with E-state index in [9.17, 15) is 4.79 Å². The van der Waals surface area contributed by atoms with Crippen LogP contribution in [-0.4, -0.2) is 20.1 Å². The summed E-state index contributed by atoms with van der Waals surface area (Å²) in [5.74, 6) is 0.454. The lowest BCUT2D eigenvalue weighted by molar-refractivity contribution is -0.110. The molecule has 1 heterocycles. The zero-order chi connectivity index (χ0) is 7.40. The monoisotopic (exact) mass is 155 g/mol. The summed E-state index contributed by atoms with van der Waals surface area (Å²) in [6.45, 7) is 0. The Morgan fingerprint density at radius 3 is 2.60 bits per heavy atom. The van der Waals surface area contributed by atoms with Gasteiger partial charge in [0.15, 0.2) is 5.12 Å². The van der Waals surface area contributed by atoms with Crippen LogP contribution in [0.1, 0.15) is 5.82 Å². The van der Waals surface area contributed by atoms with Crippen molar-refractivity contribution in [2.45, 2.75) is 6.42 Å². The molecule has 0 N–H and O–H groups in total. The molecule has 0 radical (unpaired) electrons. The number of carbonyl (C=O) groups excluding carboxylic acids is 1. The molecule has 0 aliphatic rings. The first kappa shape index (κ1) is 7.14. The molecule has 0 amide bonds. The third-order valence-corrected chi connectivity index (χ3v) is 1.01. The highest BCUT2D eigenvalue weighted by Crippen LogP contribution is 1.90. The molecule has 0 aromatic carbocycles. The van der Waals surface area contributed by atoms with E-state index in [0.29, 0.717) is 5.82 Å². The van der Waals surface area contributed by atoms with E-state index >= 15 is 0 Å². The first-order valence-electron chi connectivity index (χ1n) is 2.61. The zero-order valence-corrected chi connectivity index (χ0v) is 5.95. The molecule has 1 aromatic rings. The second kappa shape index (κ2) is 3.26. The van der Waals surface area contributed by atoms with Gasteiger partial charge in [0.2, 0.25) is 0 Å². The number of aromatic nitrogens is 3. The van der Waals surface area contributed by atoms with E-state index in [1.807, 2.05) is 0 Å². The van der Waals surface area contributed by atoms with E-state index in [1.165, 1.54) is 12.7 Å². The van der Waals surface area contributed by atoms with Crippen LogP contribution in [0.3, 0.4) is 0 Å². The minimum absolute atomic E-state index is 0.158. The fraction of sp³-hybridized carbons (Fsp3) is 0.200. The van der Waals surface area contributed by atoms with Crippen LogP contribution in [0, 0.1) is 0 Å². The van der Waals surface area contributed by atoms with Crippen molar-refractivity contribution in [2.75, 3.05) is 0 Å². The van der Waals surface area contributed by atoms with E-state index in [-0.39, 0.29) is 11.5 Å². The number of carbonyl (C=O) groups is 1. The van der Waals surface area contributed by atoms with E-state index in [4.69, 9.17) is 0 Å². The summed E-state index contributed by atoms with van der Waals surface area (Å²) in [6, 6.07) is 0. The second-order valence-corrected chi connectivity index (χ2v) is 2.12. The Hall–Kier alpha value is -0.970. The molecule has 0 aliphatic heterocycles. The highest BCUT2D eigenvalue weighted by atomic mass is 32.1. The van der Waals surface area contributed by atoms with Crippen molar-refractivity contribution in [3.8, 4) is 0 Å². The summed E-state index contributed by atoms with van der Waals surface area (Å²) in [5.41, 5.74) is 0. The highest BCUT2D eigenvalue weighted by Gasteiger charge is 1.98. The van der Waals surface area contributed by atoms with E-state index in [1.54, 1.807) is 0 Å². The van der Waals surface area contributed by atoms with Crippen molar-refractivity contribution >= 4 is 17.7 Å². The van der Waals surface area contributed by atoms with Gasteiger partial charge in [-0.3, -0.25) is 4.79 Å². The highest BCUT2D eigenvalue weighted by molar-refractivity contribution is 7.96. The van der Waals surface area contributed by atoms with Gasteiger partial charge in [-0.15, -0.1) is 12.6 Å². The second-order valence-electron chi connectivity index (χ2n) is 1.62. The van der Waals surface area contributed by atoms with Gasteiger partial charge >= 0.3 is 0 Å². The molecule has 0 bridgehead atoms. The molecule has 10 heavy (non-hydrogen) atoms. The van der Waals surface area contributed by atoms with Crippen molar-refractivity contribution in [2.24, 2.45) is 0 Å². The number of nitrogens with zero attached hydrogens (tertiary/aromatic N) is 3. The van der Waals surface area contributed by atoms with Crippen LogP contribution in [0.15, 0.2) is 12.7 Å². The summed E-state index contributed by atoms with van der Waals surface area (Å²) in [6.07, 6.45) is 2.85. The summed E-state index contributed by atoms with van der Waals surface area (Å²) in [4.78, 5) is 21.4. The maximum absolute atomic E-state index is 10.4.